The number of pyridine rings is 1. The minimum Gasteiger partial charge on any atom is -1.00 e. The summed E-state index contributed by atoms with van der Waals surface area (Å²) < 4.78 is 6.23. The molecule has 0 saturated heterocycles. The fraction of sp³-hybridized carbons (Fsp3) is 0.250. The lowest BCUT2D eigenvalue weighted by Crippen LogP contribution is -3.00. The number of aromatic nitrogens is 1. The van der Waals surface area contributed by atoms with Gasteiger partial charge in [-0.1, -0.05) is 0 Å². The molecule has 0 unspecified atom stereocenters. The Morgan fingerprint density at radius 1 is 1.38 bits per heavy atom. The van der Waals surface area contributed by atoms with Crippen molar-refractivity contribution >= 4 is 5.97 Å². The molecule has 0 bridgehead atoms. The molecule has 0 aliphatic heterocycles. The molecule has 5 heteroatoms. The van der Waals surface area contributed by atoms with Gasteiger partial charge in [0.15, 0.2) is 0 Å². The number of nitrogens with zero attached hydrogens (tertiary/aromatic N) is 1. The second kappa shape index (κ2) is 5.53. The summed E-state index contributed by atoms with van der Waals surface area (Å²) in [6, 6.07) is 3.39. The average molecular weight is 248 g/mol. The van der Waals surface area contributed by atoms with E-state index in [4.69, 9.17) is 9.57 Å². The Morgan fingerprint density at radius 3 is 2.31 bits per heavy atom. The van der Waals surface area contributed by atoms with Gasteiger partial charge in [0.2, 0.25) is 12.4 Å². The first-order chi connectivity index (χ1) is 5.72. The zero-order valence-corrected chi connectivity index (χ0v) is 8.95. The van der Waals surface area contributed by atoms with E-state index in [2.05, 4.69) is 0 Å². The number of halogens is 1. The predicted molar refractivity (Wildman–Crippen MR) is 40.5 cm³/mol. The number of methoxy groups -OCH3 is 1. The average Bonchev–Trinajstić information content (AvgIpc) is 2.05. The quantitative estimate of drug-likeness (QED) is 0.522. The molecule has 0 aliphatic rings. The van der Waals surface area contributed by atoms with E-state index in [1.54, 1.807) is 31.6 Å². The van der Waals surface area contributed by atoms with Gasteiger partial charge in [-0.3, -0.25) is 0 Å². The standard InChI is InChI=1S/C8H10NO3.BrH/c1-7(10)12-9-5-3-8(11-2)4-6-9;/h3-6H,1-2H3;1H/q+1;/p-1. The fourth-order valence-corrected chi connectivity index (χ4v) is 0.744. The molecule has 4 nitrogen and oxygen atoms in total. The van der Waals surface area contributed by atoms with E-state index in [1.165, 1.54) is 11.7 Å². The first-order valence-electron chi connectivity index (χ1n) is 3.46. The molecule has 1 heterocycles. The van der Waals surface area contributed by atoms with E-state index in [-0.39, 0.29) is 23.0 Å². The molecule has 0 saturated carbocycles. The molecule has 0 amide bonds. The lowest BCUT2D eigenvalue weighted by molar-refractivity contribution is -0.869. The second-order valence-corrected chi connectivity index (χ2v) is 2.18. The van der Waals surface area contributed by atoms with Crippen LogP contribution in [0.2, 0.25) is 0 Å². The van der Waals surface area contributed by atoms with Crippen molar-refractivity contribution in [3.63, 3.8) is 0 Å². The van der Waals surface area contributed by atoms with Crippen LogP contribution in [0.4, 0.5) is 0 Å². The summed E-state index contributed by atoms with van der Waals surface area (Å²) in [4.78, 5) is 15.2. The second-order valence-electron chi connectivity index (χ2n) is 2.18. The van der Waals surface area contributed by atoms with Crippen molar-refractivity contribution in [2.75, 3.05) is 7.11 Å². The Labute approximate surface area is 86.8 Å². The van der Waals surface area contributed by atoms with Gasteiger partial charge < -0.3 is 21.7 Å². The van der Waals surface area contributed by atoms with Crippen LogP contribution in [0.3, 0.4) is 0 Å². The van der Waals surface area contributed by atoms with E-state index in [9.17, 15) is 4.79 Å². The van der Waals surface area contributed by atoms with Gasteiger partial charge in [-0.2, -0.15) is 4.84 Å². The third-order valence-electron chi connectivity index (χ3n) is 1.24. The summed E-state index contributed by atoms with van der Waals surface area (Å²) in [6.07, 6.45) is 3.19. The number of hydrogen-bond acceptors (Lipinski definition) is 3. The van der Waals surface area contributed by atoms with E-state index >= 15 is 0 Å². The zero-order valence-electron chi connectivity index (χ0n) is 7.36. The van der Waals surface area contributed by atoms with Gasteiger partial charge in [-0.05, 0) is 0 Å². The molecule has 13 heavy (non-hydrogen) atoms. The van der Waals surface area contributed by atoms with Crippen molar-refractivity contribution in [2.45, 2.75) is 6.92 Å². The first-order valence-corrected chi connectivity index (χ1v) is 3.46. The Morgan fingerprint density at radius 2 is 1.92 bits per heavy atom. The van der Waals surface area contributed by atoms with Crippen LogP contribution >= 0.6 is 0 Å². The SMILES string of the molecule is COc1cc[n+](OC(C)=O)cc1.[Br-]. The van der Waals surface area contributed by atoms with Gasteiger partial charge in [-0.25, -0.2) is 4.79 Å². The monoisotopic (exact) mass is 247 g/mol. The number of hydrogen-bond donors (Lipinski definition) is 0. The van der Waals surface area contributed by atoms with Crippen molar-refractivity contribution in [1.29, 1.82) is 0 Å². The maximum atomic E-state index is 10.5. The Balaban J connectivity index is 0.00000144. The van der Waals surface area contributed by atoms with E-state index in [0.717, 1.165) is 5.75 Å². The third kappa shape index (κ3) is 3.89. The van der Waals surface area contributed by atoms with Gasteiger partial charge in [0.1, 0.15) is 5.75 Å². The van der Waals surface area contributed by atoms with E-state index in [1.807, 2.05) is 0 Å². The highest BCUT2D eigenvalue weighted by atomic mass is 79.9. The highest BCUT2D eigenvalue weighted by Gasteiger charge is 2.04. The normalized spacial score (nSPS) is 8.46. The van der Waals surface area contributed by atoms with Crippen LogP contribution < -0.4 is 31.3 Å². The maximum absolute atomic E-state index is 10.5. The largest absolute Gasteiger partial charge is 1.00 e. The van der Waals surface area contributed by atoms with Crippen molar-refractivity contribution in [3.05, 3.63) is 24.5 Å². The maximum Gasteiger partial charge on any atom is 0.377 e. The van der Waals surface area contributed by atoms with E-state index in [0.29, 0.717) is 0 Å². The molecular weight excluding hydrogens is 238 g/mol. The van der Waals surface area contributed by atoms with Gasteiger partial charge in [0, 0.05) is 23.8 Å². The third-order valence-corrected chi connectivity index (χ3v) is 1.24. The molecule has 1 aromatic rings. The van der Waals surface area contributed by atoms with Gasteiger partial charge >= 0.3 is 5.97 Å². The van der Waals surface area contributed by atoms with Gasteiger partial charge in [0.05, 0.1) is 7.11 Å². The summed E-state index contributed by atoms with van der Waals surface area (Å²) in [5, 5.41) is 0. The molecular formula is C8H10BrNO3. The smallest absolute Gasteiger partial charge is 0.377 e. The minimum atomic E-state index is -0.356. The summed E-state index contributed by atoms with van der Waals surface area (Å²) in [6.45, 7) is 1.34. The Hall–Kier alpha value is -1.10. The molecule has 0 aliphatic carbocycles. The molecule has 1 aromatic heterocycles. The Kier molecular flexibility index (Phi) is 5.06. The summed E-state index contributed by atoms with van der Waals surface area (Å²) in [5.74, 6) is 0.364. The van der Waals surface area contributed by atoms with Crippen LogP contribution in [0.1, 0.15) is 6.92 Å². The zero-order chi connectivity index (χ0) is 8.97. The number of carbonyl (C=O) groups excluding carboxylic acids is 1. The van der Waals surface area contributed by atoms with Crippen LogP contribution in [-0.4, -0.2) is 13.1 Å². The van der Waals surface area contributed by atoms with Crippen LogP contribution in [0.25, 0.3) is 0 Å². The number of ether oxygens (including phenoxy) is 1. The first kappa shape index (κ1) is 11.9. The predicted octanol–water partition coefficient (Wildman–Crippen LogP) is -3.04. The lowest BCUT2D eigenvalue weighted by atomic mass is 10.5. The van der Waals surface area contributed by atoms with Crippen molar-refractivity contribution < 1.29 is 36.1 Å². The number of carbonyl (C=O) groups is 1. The van der Waals surface area contributed by atoms with E-state index < -0.39 is 0 Å². The van der Waals surface area contributed by atoms with Crippen LogP contribution in [-0.2, 0) is 4.79 Å². The summed E-state index contributed by atoms with van der Waals surface area (Å²) in [5.41, 5.74) is 0. The van der Waals surface area contributed by atoms with Crippen molar-refractivity contribution in [1.82, 2.24) is 0 Å². The summed E-state index contributed by atoms with van der Waals surface area (Å²) in [7, 11) is 1.57. The molecule has 0 N–H and O–H groups in total. The molecule has 0 spiro atoms. The molecule has 0 fully saturated rings. The number of rotatable bonds is 2. The highest BCUT2D eigenvalue weighted by Crippen LogP contribution is 2.03. The molecule has 0 atom stereocenters. The van der Waals surface area contributed by atoms with Crippen molar-refractivity contribution in [2.24, 2.45) is 0 Å². The van der Waals surface area contributed by atoms with Crippen LogP contribution in [0, 0.1) is 0 Å². The van der Waals surface area contributed by atoms with Crippen LogP contribution in [0.5, 0.6) is 5.75 Å². The highest BCUT2D eigenvalue weighted by molar-refractivity contribution is 5.65. The summed E-state index contributed by atoms with van der Waals surface area (Å²) >= 11 is 0. The topological polar surface area (TPSA) is 39.4 Å². The van der Waals surface area contributed by atoms with Crippen LogP contribution in [0.15, 0.2) is 24.5 Å². The fourth-order valence-electron chi connectivity index (χ4n) is 0.744. The van der Waals surface area contributed by atoms with Gasteiger partial charge in [0.25, 0.3) is 0 Å². The molecule has 0 radical (unpaired) electrons. The molecule has 72 valence electrons. The lowest BCUT2D eigenvalue weighted by Gasteiger charge is -1.95. The molecule has 1 rings (SSSR count). The minimum absolute atomic E-state index is 0. The van der Waals surface area contributed by atoms with Crippen molar-refractivity contribution in [3.8, 4) is 5.75 Å². The van der Waals surface area contributed by atoms with Gasteiger partial charge in [-0.15, -0.1) is 0 Å². The Bertz CT molecular complexity index is 273. The molecule has 0 aromatic carbocycles.